The third-order valence-electron chi connectivity index (χ3n) is 4.31. The Morgan fingerprint density at radius 2 is 1.42 bits per heavy atom. The number of anilines is 1. The highest BCUT2D eigenvalue weighted by molar-refractivity contribution is 6.05. The van der Waals surface area contributed by atoms with Crippen molar-refractivity contribution in [1.82, 2.24) is 0 Å². The Morgan fingerprint density at radius 3 is 1.90 bits per heavy atom. The van der Waals surface area contributed by atoms with E-state index in [-0.39, 0.29) is 6.07 Å². The van der Waals surface area contributed by atoms with E-state index in [1.165, 1.54) is 0 Å². The average Bonchev–Trinajstić information content (AvgIpc) is 2.68. The van der Waals surface area contributed by atoms with Gasteiger partial charge in [-0.3, -0.25) is 9.69 Å². The molecule has 0 aliphatic carbocycles. The first-order valence-electron chi connectivity index (χ1n) is 7.89. The second-order valence-electron chi connectivity index (χ2n) is 6.15. The molecule has 0 aromatic heterocycles. The van der Waals surface area contributed by atoms with E-state index in [1.54, 1.807) is 0 Å². The minimum Gasteiger partial charge on any atom is -0.480 e. The highest BCUT2D eigenvalue weighted by Crippen LogP contribution is 2.47. The Hall–Kier alpha value is -3.45. The molecule has 31 heavy (non-hydrogen) atoms. The van der Waals surface area contributed by atoms with Gasteiger partial charge < -0.3 is 9.84 Å². The zero-order chi connectivity index (χ0) is 23.6. The number of carboxylic acid groups (broad SMARTS) is 1. The number of carbonyl (C=O) groups is 2. The third kappa shape index (κ3) is 3.13. The van der Waals surface area contributed by atoms with Crippen LogP contribution in [0, 0.1) is 40.7 Å². The molecule has 0 unspecified atom stereocenters. The quantitative estimate of drug-likeness (QED) is 0.426. The molecule has 2 aromatic carbocycles. The first-order chi connectivity index (χ1) is 14.2. The molecule has 0 spiro atoms. The van der Waals surface area contributed by atoms with Crippen molar-refractivity contribution >= 4 is 17.6 Å². The summed E-state index contributed by atoms with van der Waals surface area (Å²) in [7, 11) is 0. The summed E-state index contributed by atoms with van der Waals surface area (Å²) in [4.78, 5) is 22.7. The summed E-state index contributed by atoms with van der Waals surface area (Å²) in [6.07, 6.45) is -4.79. The number of halogens is 9. The predicted molar refractivity (Wildman–Crippen MR) is 81.7 cm³/mol. The minimum atomic E-state index is -4.79. The Balaban J connectivity index is 2.43. The standard InChI is InChI=1S/C17H6F9NO4/c1-3(15(28)29)27-14-5(31-17(25,26)16(27)30)2-4(18)6(10(14)21)7-8(19)11(22)13(24)12(23)9(7)20/h2-3H,1H3,(H,28,29)/t3-/m1/s1. The van der Waals surface area contributed by atoms with Gasteiger partial charge in [0.2, 0.25) is 5.82 Å². The van der Waals surface area contributed by atoms with Crippen molar-refractivity contribution in [1.29, 1.82) is 0 Å². The molecule has 0 fully saturated rings. The number of rotatable bonds is 3. The summed E-state index contributed by atoms with van der Waals surface area (Å²) in [5.41, 5.74) is -5.55. The van der Waals surface area contributed by atoms with Gasteiger partial charge in [0.25, 0.3) is 0 Å². The normalized spacial score (nSPS) is 16.1. The molecule has 0 saturated heterocycles. The van der Waals surface area contributed by atoms with Gasteiger partial charge in [-0.15, -0.1) is 0 Å². The minimum absolute atomic E-state index is 0.117. The molecule has 1 heterocycles. The van der Waals surface area contributed by atoms with Crippen LogP contribution in [-0.2, 0) is 9.59 Å². The number of hydrogen-bond donors (Lipinski definition) is 1. The fraction of sp³-hybridized carbons (Fsp3) is 0.176. The third-order valence-corrected chi connectivity index (χ3v) is 4.31. The van der Waals surface area contributed by atoms with Crippen LogP contribution >= 0.6 is 0 Å². The Kier molecular flexibility index (Phi) is 5.06. The van der Waals surface area contributed by atoms with Crippen molar-refractivity contribution in [2.24, 2.45) is 0 Å². The van der Waals surface area contributed by atoms with E-state index in [1.807, 2.05) is 0 Å². The molecule has 0 saturated carbocycles. The maximum absolute atomic E-state index is 15.1. The van der Waals surface area contributed by atoms with Gasteiger partial charge >= 0.3 is 18.0 Å². The topological polar surface area (TPSA) is 66.8 Å². The van der Waals surface area contributed by atoms with Gasteiger partial charge in [-0.1, -0.05) is 0 Å². The molecule has 166 valence electrons. The van der Waals surface area contributed by atoms with Gasteiger partial charge in [0.1, 0.15) is 17.5 Å². The molecule has 14 heteroatoms. The van der Waals surface area contributed by atoms with E-state index in [0.717, 1.165) is 0 Å². The van der Waals surface area contributed by atoms with Crippen LogP contribution in [0.15, 0.2) is 6.07 Å². The zero-order valence-corrected chi connectivity index (χ0v) is 14.7. The number of amides is 1. The summed E-state index contributed by atoms with van der Waals surface area (Å²) in [5, 5.41) is 9.03. The van der Waals surface area contributed by atoms with E-state index in [4.69, 9.17) is 5.11 Å². The molecular formula is C17H6F9NO4. The number of fused-ring (bicyclic) bond motifs is 1. The lowest BCUT2D eigenvalue weighted by atomic mass is 9.99. The first-order valence-corrected chi connectivity index (χ1v) is 7.89. The number of carboxylic acids is 1. The zero-order valence-electron chi connectivity index (χ0n) is 14.7. The summed E-state index contributed by atoms with van der Waals surface area (Å²) in [6, 6.07) is -2.36. The largest absolute Gasteiger partial charge is 0.483 e. The first kappa shape index (κ1) is 22.2. The van der Waals surface area contributed by atoms with E-state index >= 15 is 4.39 Å². The molecule has 0 bridgehead atoms. The lowest BCUT2D eigenvalue weighted by Crippen LogP contribution is -2.56. The lowest BCUT2D eigenvalue weighted by Gasteiger charge is -2.36. The van der Waals surface area contributed by atoms with Gasteiger partial charge in [-0.05, 0) is 6.92 Å². The van der Waals surface area contributed by atoms with Crippen LogP contribution in [0.3, 0.4) is 0 Å². The van der Waals surface area contributed by atoms with Crippen LogP contribution in [0.2, 0.25) is 0 Å². The van der Waals surface area contributed by atoms with Crippen molar-refractivity contribution in [3.8, 4) is 16.9 Å². The lowest BCUT2D eigenvalue weighted by molar-refractivity contribution is -0.193. The average molecular weight is 459 g/mol. The van der Waals surface area contributed by atoms with Crippen LogP contribution < -0.4 is 9.64 Å². The van der Waals surface area contributed by atoms with Gasteiger partial charge in [0.05, 0.1) is 11.1 Å². The molecule has 3 rings (SSSR count). The summed E-state index contributed by atoms with van der Waals surface area (Å²) in [5.74, 6) is -23.4. The highest BCUT2D eigenvalue weighted by atomic mass is 19.3. The molecule has 1 N–H and O–H groups in total. The van der Waals surface area contributed by atoms with Crippen molar-refractivity contribution in [2.75, 3.05) is 4.90 Å². The fourth-order valence-corrected chi connectivity index (χ4v) is 2.85. The summed E-state index contributed by atoms with van der Waals surface area (Å²) < 4.78 is 129. The predicted octanol–water partition coefficient (Wildman–Crippen LogP) is 4.12. The molecule has 5 nitrogen and oxygen atoms in total. The second-order valence-corrected chi connectivity index (χ2v) is 6.15. The van der Waals surface area contributed by atoms with Crippen LogP contribution in [0.4, 0.5) is 45.2 Å². The smallest absolute Gasteiger partial charge is 0.480 e. The number of hydrogen-bond acceptors (Lipinski definition) is 3. The molecule has 1 atom stereocenters. The van der Waals surface area contributed by atoms with E-state index in [0.29, 0.717) is 6.92 Å². The second kappa shape index (κ2) is 7.06. The highest BCUT2D eigenvalue weighted by Gasteiger charge is 2.54. The number of benzene rings is 2. The molecule has 0 radical (unpaired) electrons. The number of alkyl halides is 2. The van der Waals surface area contributed by atoms with Crippen molar-refractivity contribution in [2.45, 2.75) is 19.1 Å². The van der Waals surface area contributed by atoms with Crippen LogP contribution in [0.1, 0.15) is 6.92 Å². The molecule has 1 aliphatic rings. The number of aliphatic carboxylic acids is 1. The van der Waals surface area contributed by atoms with E-state index in [2.05, 4.69) is 4.74 Å². The van der Waals surface area contributed by atoms with Crippen LogP contribution in [0.25, 0.3) is 11.1 Å². The monoisotopic (exact) mass is 459 g/mol. The van der Waals surface area contributed by atoms with Gasteiger partial charge in [0.15, 0.2) is 34.8 Å². The van der Waals surface area contributed by atoms with Crippen LogP contribution in [-0.4, -0.2) is 29.1 Å². The van der Waals surface area contributed by atoms with E-state index in [9.17, 15) is 44.7 Å². The number of nitrogens with zero attached hydrogens (tertiary/aromatic N) is 1. The van der Waals surface area contributed by atoms with Gasteiger partial charge in [-0.2, -0.15) is 8.78 Å². The number of carbonyl (C=O) groups excluding carboxylic acids is 1. The summed E-state index contributed by atoms with van der Waals surface area (Å²) in [6.45, 7) is 0.631. The maximum Gasteiger partial charge on any atom is 0.483 e. The van der Waals surface area contributed by atoms with Gasteiger partial charge in [0, 0.05) is 6.07 Å². The van der Waals surface area contributed by atoms with Crippen molar-refractivity contribution in [3.63, 3.8) is 0 Å². The fourth-order valence-electron chi connectivity index (χ4n) is 2.85. The summed E-state index contributed by atoms with van der Waals surface area (Å²) >= 11 is 0. The molecule has 2 aromatic rings. The Bertz CT molecular complexity index is 1120. The van der Waals surface area contributed by atoms with E-state index < -0.39 is 92.2 Å². The van der Waals surface area contributed by atoms with Crippen LogP contribution in [0.5, 0.6) is 5.75 Å². The Labute approximate surface area is 165 Å². The Morgan fingerprint density at radius 1 is 0.935 bits per heavy atom. The van der Waals surface area contributed by atoms with Crippen molar-refractivity contribution < 1.29 is 58.9 Å². The SMILES string of the molecule is C[C@H](C(=O)O)N1C(=O)C(F)(F)Oc2cc(F)c(-c3c(F)c(F)c(F)c(F)c3F)c(F)c21. The van der Waals surface area contributed by atoms with Gasteiger partial charge in [-0.25, -0.2) is 35.5 Å². The number of ether oxygens (including phenoxy) is 1. The molecule has 1 amide bonds. The maximum atomic E-state index is 15.1. The van der Waals surface area contributed by atoms with Crippen molar-refractivity contribution in [3.05, 3.63) is 46.8 Å². The molecular weight excluding hydrogens is 453 g/mol. The molecule has 1 aliphatic heterocycles.